The smallest absolute Gasteiger partial charge is 0.343 e. The summed E-state index contributed by atoms with van der Waals surface area (Å²) < 4.78 is 1.61. The van der Waals surface area contributed by atoms with Gasteiger partial charge in [0.25, 0.3) is 0 Å². The Morgan fingerprint density at radius 3 is 2.95 bits per heavy atom. The number of aromatic amines is 1. The normalized spacial score (nSPS) is 10.7. The zero-order chi connectivity index (χ0) is 13.8. The predicted octanol–water partition coefficient (Wildman–Crippen LogP) is 1.27. The maximum atomic E-state index is 11.6. The van der Waals surface area contributed by atoms with Gasteiger partial charge in [-0.05, 0) is 25.1 Å². The molecule has 0 fully saturated rings. The summed E-state index contributed by atoms with van der Waals surface area (Å²) in [5, 5.41) is 10.8. The number of anilines is 1. The number of aryl methyl sites for hydroxylation is 1. The van der Waals surface area contributed by atoms with Crippen LogP contribution in [-0.4, -0.2) is 31.8 Å². The van der Waals surface area contributed by atoms with Crippen LogP contribution in [0.1, 0.15) is 19.2 Å². The molecule has 102 valence electrons. The lowest BCUT2D eigenvalue weighted by Gasteiger charge is -2.05. The van der Waals surface area contributed by atoms with E-state index in [9.17, 15) is 4.79 Å². The second-order valence-corrected chi connectivity index (χ2v) is 4.94. The van der Waals surface area contributed by atoms with Gasteiger partial charge in [0.05, 0.1) is 0 Å². The summed E-state index contributed by atoms with van der Waals surface area (Å²) in [6.07, 6.45) is 0.873. The van der Waals surface area contributed by atoms with Gasteiger partial charge in [-0.15, -0.1) is 5.10 Å². The van der Waals surface area contributed by atoms with E-state index in [0.717, 1.165) is 17.3 Å². The SMILES string of the molecule is CCCn1c(Sc2cc(NC)nc(C)n2)n[nH]c1=O. The van der Waals surface area contributed by atoms with Crippen molar-refractivity contribution < 1.29 is 0 Å². The summed E-state index contributed by atoms with van der Waals surface area (Å²) >= 11 is 1.35. The van der Waals surface area contributed by atoms with Crippen molar-refractivity contribution in [1.82, 2.24) is 24.7 Å². The van der Waals surface area contributed by atoms with E-state index in [1.54, 1.807) is 11.6 Å². The second kappa shape index (κ2) is 5.87. The zero-order valence-electron chi connectivity index (χ0n) is 11.1. The zero-order valence-corrected chi connectivity index (χ0v) is 11.9. The average molecular weight is 280 g/mol. The van der Waals surface area contributed by atoms with Gasteiger partial charge in [0, 0.05) is 19.7 Å². The minimum atomic E-state index is -0.191. The van der Waals surface area contributed by atoms with Crippen LogP contribution in [0.15, 0.2) is 21.0 Å². The predicted molar refractivity (Wildman–Crippen MR) is 73.6 cm³/mol. The molecule has 0 spiro atoms. The van der Waals surface area contributed by atoms with E-state index in [4.69, 9.17) is 0 Å². The third-order valence-electron chi connectivity index (χ3n) is 2.44. The lowest BCUT2D eigenvalue weighted by atomic mass is 10.5. The number of hydrogen-bond acceptors (Lipinski definition) is 6. The lowest BCUT2D eigenvalue weighted by molar-refractivity contribution is 0.603. The van der Waals surface area contributed by atoms with Gasteiger partial charge in [-0.1, -0.05) is 6.92 Å². The van der Waals surface area contributed by atoms with E-state index in [1.807, 2.05) is 19.9 Å². The molecule has 2 aromatic rings. The molecule has 8 heteroatoms. The van der Waals surface area contributed by atoms with E-state index in [-0.39, 0.29) is 5.69 Å². The number of aromatic nitrogens is 5. The molecule has 2 rings (SSSR count). The molecule has 19 heavy (non-hydrogen) atoms. The van der Waals surface area contributed by atoms with Crippen LogP contribution in [0.25, 0.3) is 0 Å². The molecule has 0 unspecified atom stereocenters. The van der Waals surface area contributed by atoms with Crippen molar-refractivity contribution in [2.45, 2.75) is 37.0 Å². The Morgan fingerprint density at radius 2 is 2.26 bits per heavy atom. The van der Waals surface area contributed by atoms with E-state index in [0.29, 0.717) is 17.5 Å². The molecule has 0 aliphatic rings. The molecule has 0 saturated carbocycles. The molecule has 0 amide bonds. The molecular formula is C11H16N6OS. The quantitative estimate of drug-likeness (QED) is 0.802. The number of rotatable bonds is 5. The highest BCUT2D eigenvalue weighted by Crippen LogP contribution is 2.24. The van der Waals surface area contributed by atoms with E-state index in [1.165, 1.54) is 11.8 Å². The Balaban J connectivity index is 2.30. The van der Waals surface area contributed by atoms with Crippen LogP contribution in [-0.2, 0) is 6.54 Å². The van der Waals surface area contributed by atoms with Crippen LogP contribution in [0.5, 0.6) is 0 Å². The molecule has 2 aromatic heterocycles. The monoisotopic (exact) mass is 280 g/mol. The van der Waals surface area contributed by atoms with Crippen molar-refractivity contribution in [3.05, 3.63) is 22.4 Å². The Kier molecular flexibility index (Phi) is 4.20. The fourth-order valence-electron chi connectivity index (χ4n) is 1.62. The molecule has 7 nitrogen and oxygen atoms in total. The van der Waals surface area contributed by atoms with Gasteiger partial charge in [-0.2, -0.15) is 0 Å². The first-order chi connectivity index (χ1) is 9.13. The minimum Gasteiger partial charge on any atom is -0.373 e. The first-order valence-corrected chi connectivity index (χ1v) is 6.82. The third kappa shape index (κ3) is 3.14. The Labute approximate surface area is 114 Å². The van der Waals surface area contributed by atoms with Crippen LogP contribution in [0.3, 0.4) is 0 Å². The second-order valence-electron chi connectivity index (χ2n) is 3.95. The number of H-pyrrole nitrogens is 1. The first kappa shape index (κ1) is 13.6. The summed E-state index contributed by atoms with van der Waals surface area (Å²) in [5.74, 6) is 1.42. The van der Waals surface area contributed by atoms with Crippen LogP contribution in [0.4, 0.5) is 5.82 Å². The van der Waals surface area contributed by atoms with Crippen LogP contribution < -0.4 is 11.0 Å². The van der Waals surface area contributed by atoms with Crippen LogP contribution >= 0.6 is 11.8 Å². The topological polar surface area (TPSA) is 88.5 Å². The van der Waals surface area contributed by atoms with Gasteiger partial charge in [-0.25, -0.2) is 19.9 Å². The maximum absolute atomic E-state index is 11.6. The van der Waals surface area contributed by atoms with Crippen LogP contribution in [0, 0.1) is 6.92 Å². The fraction of sp³-hybridized carbons (Fsp3) is 0.455. The summed E-state index contributed by atoms with van der Waals surface area (Å²) in [4.78, 5) is 20.2. The summed E-state index contributed by atoms with van der Waals surface area (Å²) in [7, 11) is 1.80. The Bertz CT molecular complexity index is 620. The Morgan fingerprint density at radius 1 is 1.47 bits per heavy atom. The summed E-state index contributed by atoms with van der Waals surface area (Å²) in [6.45, 7) is 4.48. The van der Waals surface area contributed by atoms with Gasteiger partial charge in [-0.3, -0.25) is 4.57 Å². The molecule has 0 aliphatic carbocycles. The third-order valence-corrected chi connectivity index (χ3v) is 3.35. The molecule has 2 heterocycles. The molecule has 0 atom stereocenters. The number of nitrogens with zero attached hydrogens (tertiary/aromatic N) is 4. The molecule has 0 aliphatic heterocycles. The van der Waals surface area contributed by atoms with Crippen molar-refractivity contribution in [2.75, 3.05) is 12.4 Å². The van der Waals surface area contributed by atoms with Gasteiger partial charge >= 0.3 is 5.69 Å². The average Bonchev–Trinajstić information content (AvgIpc) is 2.71. The number of hydrogen-bond donors (Lipinski definition) is 2. The van der Waals surface area contributed by atoms with Gasteiger partial charge < -0.3 is 5.32 Å². The lowest BCUT2D eigenvalue weighted by Crippen LogP contribution is -2.17. The molecule has 2 N–H and O–H groups in total. The molecule has 0 saturated heterocycles. The summed E-state index contributed by atoms with van der Waals surface area (Å²) in [6, 6.07) is 1.83. The summed E-state index contributed by atoms with van der Waals surface area (Å²) in [5.41, 5.74) is -0.191. The van der Waals surface area contributed by atoms with E-state index in [2.05, 4.69) is 25.5 Å². The van der Waals surface area contributed by atoms with Crippen molar-refractivity contribution in [3.8, 4) is 0 Å². The Hall–Kier alpha value is -1.83. The van der Waals surface area contributed by atoms with Gasteiger partial charge in [0.2, 0.25) is 0 Å². The maximum Gasteiger partial charge on any atom is 0.343 e. The highest BCUT2D eigenvalue weighted by Gasteiger charge is 2.11. The molecule has 0 aromatic carbocycles. The fourth-order valence-corrected chi connectivity index (χ4v) is 2.53. The van der Waals surface area contributed by atoms with Crippen molar-refractivity contribution >= 4 is 17.6 Å². The van der Waals surface area contributed by atoms with Gasteiger partial charge in [0.1, 0.15) is 16.7 Å². The van der Waals surface area contributed by atoms with E-state index >= 15 is 0 Å². The van der Waals surface area contributed by atoms with Crippen molar-refractivity contribution in [3.63, 3.8) is 0 Å². The molecular weight excluding hydrogens is 264 g/mol. The van der Waals surface area contributed by atoms with Crippen molar-refractivity contribution in [1.29, 1.82) is 0 Å². The van der Waals surface area contributed by atoms with Crippen LogP contribution in [0.2, 0.25) is 0 Å². The largest absolute Gasteiger partial charge is 0.373 e. The standard InChI is InChI=1S/C11H16N6OS/c1-4-5-17-10(18)15-16-11(17)19-9-6-8(12-3)13-7(2)14-9/h6H,4-5H2,1-3H3,(H,15,18)(H,12,13,14). The minimum absolute atomic E-state index is 0.191. The number of nitrogens with one attached hydrogen (secondary N) is 2. The highest BCUT2D eigenvalue weighted by molar-refractivity contribution is 7.99. The van der Waals surface area contributed by atoms with Crippen molar-refractivity contribution in [2.24, 2.45) is 0 Å². The van der Waals surface area contributed by atoms with E-state index < -0.39 is 0 Å². The highest BCUT2D eigenvalue weighted by atomic mass is 32.2. The molecule has 0 bridgehead atoms. The van der Waals surface area contributed by atoms with Gasteiger partial charge in [0.15, 0.2) is 5.16 Å². The first-order valence-electron chi connectivity index (χ1n) is 6.00. The molecule has 0 radical (unpaired) electrons.